The van der Waals surface area contributed by atoms with E-state index in [1.165, 1.54) is 29.5 Å². The smallest absolute Gasteiger partial charge is 0.390 e. The van der Waals surface area contributed by atoms with Crippen molar-refractivity contribution in [3.05, 3.63) is 40.3 Å². The molecule has 1 heterocycles. The number of nitrogens with zero attached hydrogens (tertiary/aromatic N) is 1. The number of rotatable bonds is 5. The molecule has 5 nitrogen and oxygen atoms in total. The highest BCUT2D eigenvalue weighted by molar-refractivity contribution is 7.92. The Bertz CT molecular complexity index is 757. The fraction of sp³-hybridized carbons (Fsp3) is 0.250. The van der Waals surface area contributed by atoms with Crippen LogP contribution in [-0.4, -0.2) is 24.0 Å². The van der Waals surface area contributed by atoms with Crippen LogP contribution in [0.15, 0.2) is 34.5 Å². The van der Waals surface area contributed by atoms with Gasteiger partial charge in [0.1, 0.15) is 5.01 Å². The molecule has 0 saturated carbocycles. The Balaban J connectivity index is 2.26. The van der Waals surface area contributed by atoms with Crippen LogP contribution in [0.3, 0.4) is 0 Å². The summed E-state index contributed by atoms with van der Waals surface area (Å²) in [5.74, 6) is 0. The maximum Gasteiger partial charge on any atom is 0.501 e. The average molecular weight is 352 g/mol. The quantitative estimate of drug-likeness (QED) is 0.865. The second kappa shape index (κ2) is 6.23. The molecule has 1 aromatic carbocycles. The summed E-state index contributed by atoms with van der Waals surface area (Å²) in [5.41, 5.74) is -5.07. The molecule has 2 N–H and O–H groups in total. The van der Waals surface area contributed by atoms with Gasteiger partial charge in [0.25, 0.3) is 9.84 Å². The number of hydrogen-bond acceptors (Lipinski definition) is 6. The van der Waals surface area contributed by atoms with E-state index in [0.29, 0.717) is 10.7 Å². The van der Waals surface area contributed by atoms with Crippen LogP contribution in [0.5, 0.6) is 0 Å². The molecule has 0 spiro atoms. The first kappa shape index (κ1) is 16.7. The number of anilines is 1. The molecule has 0 aliphatic rings. The van der Waals surface area contributed by atoms with E-state index in [-0.39, 0.29) is 18.8 Å². The number of aliphatic hydroxyl groups excluding tert-OH is 1. The predicted octanol–water partition coefficient (Wildman–Crippen LogP) is 2.54. The lowest BCUT2D eigenvalue weighted by Gasteiger charge is -2.13. The minimum absolute atomic E-state index is 0.0507. The second-order valence-corrected chi connectivity index (χ2v) is 7.04. The number of para-hydroxylation sites is 1. The number of halogens is 3. The zero-order valence-electron chi connectivity index (χ0n) is 11.0. The van der Waals surface area contributed by atoms with Gasteiger partial charge in [-0.2, -0.15) is 13.2 Å². The van der Waals surface area contributed by atoms with Crippen molar-refractivity contribution in [2.45, 2.75) is 23.6 Å². The Morgan fingerprint density at radius 3 is 2.55 bits per heavy atom. The van der Waals surface area contributed by atoms with Gasteiger partial charge in [-0.25, -0.2) is 13.4 Å². The highest BCUT2D eigenvalue weighted by Gasteiger charge is 2.47. The monoisotopic (exact) mass is 352 g/mol. The number of hydrogen-bond donors (Lipinski definition) is 2. The van der Waals surface area contributed by atoms with Gasteiger partial charge in [0, 0.05) is 5.38 Å². The Morgan fingerprint density at radius 2 is 1.95 bits per heavy atom. The number of alkyl halides is 3. The fourth-order valence-electron chi connectivity index (χ4n) is 1.65. The van der Waals surface area contributed by atoms with Crippen LogP contribution in [0.2, 0.25) is 0 Å². The molecule has 0 atom stereocenters. The van der Waals surface area contributed by atoms with Crippen LogP contribution in [0, 0.1) is 0 Å². The molecule has 120 valence electrons. The van der Waals surface area contributed by atoms with Crippen LogP contribution in [0.25, 0.3) is 0 Å². The molecule has 0 bridgehead atoms. The van der Waals surface area contributed by atoms with Crippen LogP contribution in [0.1, 0.15) is 10.7 Å². The lowest BCUT2D eigenvalue weighted by molar-refractivity contribution is -0.0435. The fourth-order valence-corrected chi connectivity index (χ4v) is 3.31. The van der Waals surface area contributed by atoms with Gasteiger partial charge in [-0.15, -0.1) is 11.3 Å². The number of thiazole rings is 1. The first-order valence-electron chi connectivity index (χ1n) is 5.94. The standard InChI is InChI=1S/C12H11F3N2O3S2/c13-12(14,15)22(19,20)10-4-2-1-3-9(10)16-5-11-17-8(6-18)7-21-11/h1-4,7,16,18H,5-6H2. The third-order valence-electron chi connectivity index (χ3n) is 2.67. The Hall–Kier alpha value is -1.65. The number of aromatic nitrogens is 1. The third-order valence-corrected chi connectivity index (χ3v) is 5.11. The van der Waals surface area contributed by atoms with E-state index < -0.39 is 20.2 Å². The molecule has 0 saturated heterocycles. The van der Waals surface area contributed by atoms with E-state index in [1.807, 2.05) is 0 Å². The van der Waals surface area contributed by atoms with Crippen molar-refractivity contribution in [2.24, 2.45) is 0 Å². The third kappa shape index (κ3) is 3.39. The highest BCUT2D eigenvalue weighted by atomic mass is 32.2. The maximum absolute atomic E-state index is 12.7. The largest absolute Gasteiger partial charge is 0.501 e. The van der Waals surface area contributed by atoms with Crippen LogP contribution >= 0.6 is 11.3 Å². The van der Waals surface area contributed by atoms with E-state index in [4.69, 9.17) is 5.11 Å². The number of nitrogens with one attached hydrogen (secondary N) is 1. The average Bonchev–Trinajstić information content (AvgIpc) is 2.92. The SMILES string of the molecule is O=S(=O)(c1ccccc1NCc1nc(CO)cs1)C(F)(F)F. The zero-order valence-corrected chi connectivity index (χ0v) is 12.6. The van der Waals surface area contributed by atoms with E-state index >= 15 is 0 Å². The molecule has 0 unspecified atom stereocenters. The predicted molar refractivity (Wildman–Crippen MR) is 75.0 cm³/mol. The van der Waals surface area contributed by atoms with E-state index in [0.717, 1.165) is 6.07 Å². The van der Waals surface area contributed by atoms with Crippen molar-refractivity contribution in [1.29, 1.82) is 0 Å². The Kier molecular flexibility index (Phi) is 4.73. The van der Waals surface area contributed by atoms with Crippen molar-refractivity contribution in [3.8, 4) is 0 Å². The molecule has 2 rings (SSSR count). The van der Waals surface area contributed by atoms with Gasteiger partial charge in [-0.1, -0.05) is 12.1 Å². The topological polar surface area (TPSA) is 79.3 Å². The minimum atomic E-state index is -5.43. The molecule has 1 aromatic heterocycles. The summed E-state index contributed by atoms with van der Waals surface area (Å²) >= 11 is 1.21. The van der Waals surface area contributed by atoms with E-state index in [9.17, 15) is 21.6 Å². The van der Waals surface area contributed by atoms with Crippen LogP contribution in [-0.2, 0) is 23.0 Å². The van der Waals surface area contributed by atoms with Gasteiger partial charge in [0.15, 0.2) is 0 Å². The van der Waals surface area contributed by atoms with Crippen molar-refractivity contribution in [2.75, 3.05) is 5.32 Å². The first-order valence-corrected chi connectivity index (χ1v) is 8.30. The first-order chi connectivity index (χ1) is 10.3. The van der Waals surface area contributed by atoms with Crippen LogP contribution in [0.4, 0.5) is 18.9 Å². The Labute approximate surface area is 128 Å². The van der Waals surface area contributed by atoms with Crippen molar-refractivity contribution in [1.82, 2.24) is 4.98 Å². The molecule has 0 aliphatic heterocycles. The summed E-state index contributed by atoms with van der Waals surface area (Å²) in [7, 11) is -5.43. The molecule has 0 radical (unpaired) electrons. The molecule has 0 aliphatic carbocycles. The molecular formula is C12H11F3N2O3S2. The minimum Gasteiger partial charge on any atom is -0.390 e. The van der Waals surface area contributed by atoms with Crippen LogP contribution < -0.4 is 5.32 Å². The maximum atomic E-state index is 12.7. The number of benzene rings is 1. The van der Waals surface area contributed by atoms with Gasteiger partial charge in [0.05, 0.1) is 29.4 Å². The number of aliphatic hydroxyl groups is 1. The second-order valence-electron chi connectivity index (χ2n) is 4.19. The van der Waals surface area contributed by atoms with Crippen molar-refractivity contribution in [3.63, 3.8) is 0 Å². The summed E-state index contributed by atoms with van der Waals surface area (Å²) in [6, 6.07) is 4.79. The van der Waals surface area contributed by atoms with E-state index in [2.05, 4.69) is 10.3 Å². The lowest BCUT2D eigenvalue weighted by atomic mass is 10.3. The summed E-state index contributed by atoms with van der Waals surface area (Å²) in [6.45, 7) is -0.190. The summed E-state index contributed by atoms with van der Waals surface area (Å²) in [5, 5.41) is 13.7. The normalized spacial score (nSPS) is 12.4. The molecule has 22 heavy (non-hydrogen) atoms. The molecule has 0 fully saturated rings. The summed E-state index contributed by atoms with van der Waals surface area (Å²) < 4.78 is 61.0. The highest BCUT2D eigenvalue weighted by Crippen LogP contribution is 2.34. The van der Waals surface area contributed by atoms with Crippen molar-refractivity contribution < 1.29 is 26.7 Å². The molecule has 0 amide bonds. The summed E-state index contributed by atoms with van der Waals surface area (Å²) in [4.78, 5) is 3.19. The van der Waals surface area contributed by atoms with Gasteiger partial charge in [0.2, 0.25) is 0 Å². The molecule has 10 heteroatoms. The van der Waals surface area contributed by atoms with Crippen molar-refractivity contribution >= 4 is 26.9 Å². The van der Waals surface area contributed by atoms with Gasteiger partial charge < -0.3 is 10.4 Å². The zero-order chi connectivity index (χ0) is 16.4. The Morgan fingerprint density at radius 1 is 1.27 bits per heavy atom. The van der Waals surface area contributed by atoms with Gasteiger partial charge in [-0.3, -0.25) is 0 Å². The number of sulfone groups is 1. The molecular weight excluding hydrogens is 341 g/mol. The molecule has 2 aromatic rings. The van der Waals surface area contributed by atoms with E-state index in [1.54, 1.807) is 5.38 Å². The lowest BCUT2D eigenvalue weighted by Crippen LogP contribution is -2.24. The van der Waals surface area contributed by atoms with Gasteiger partial charge in [-0.05, 0) is 12.1 Å². The van der Waals surface area contributed by atoms with Gasteiger partial charge >= 0.3 is 5.51 Å². The summed E-state index contributed by atoms with van der Waals surface area (Å²) in [6.07, 6.45) is 0.